The topological polar surface area (TPSA) is 42.3 Å². The monoisotopic (exact) mass is 322 g/mol. The molecule has 1 aromatic heterocycles. The highest BCUT2D eigenvalue weighted by Crippen LogP contribution is 2.36. The normalized spacial score (nSPS) is 17.6. The van der Waals surface area contributed by atoms with Gasteiger partial charge < -0.3 is 4.57 Å². The molecule has 2 amide bonds. The van der Waals surface area contributed by atoms with E-state index in [0.29, 0.717) is 40.6 Å². The fourth-order valence-corrected chi connectivity index (χ4v) is 3.57. The molecule has 0 saturated heterocycles. The number of terminal acetylenes is 1. The van der Waals surface area contributed by atoms with Gasteiger partial charge in [0.15, 0.2) is 5.95 Å². The van der Waals surface area contributed by atoms with Gasteiger partial charge in [-0.15, -0.1) is 6.42 Å². The van der Waals surface area contributed by atoms with E-state index in [-0.39, 0.29) is 18.4 Å². The van der Waals surface area contributed by atoms with Crippen LogP contribution in [-0.2, 0) is 16.1 Å². The summed E-state index contributed by atoms with van der Waals surface area (Å²) in [5.41, 5.74) is 2.31. The molecule has 1 aliphatic heterocycles. The van der Waals surface area contributed by atoms with Crippen LogP contribution < -0.4 is 4.90 Å². The van der Waals surface area contributed by atoms with Crippen LogP contribution in [0.4, 0.5) is 10.1 Å². The Morgan fingerprint density at radius 2 is 1.75 bits per heavy atom. The van der Waals surface area contributed by atoms with Gasteiger partial charge in [0.2, 0.25) is 0 Å². The van der Waals surface area contributed by atoms with Crippen LogP contribution in [0.2, 0.25) is 0 Å². The molecule has 0 unspecified atom stereocenters. The Balaban J connectivity index is 1.80. The Hall–Kier alpha value is -2.87. The third-order valence-electron chi connectivity index (χ3n) is 4.74. The van der Waals surface area contributed by atoms with Crippen LogP contribution >= 0.6 is 0 Å². The van der Waals surface area contributed by atoms with E-state index in [0.717, 1.165) is 12.8 Å². The number of benzene rings is 1. The lowest BCUT2D eigenvalue weighted by atomic mass is 9.93. The van der Waals surface area contributed by atoms with E-state index in [2.05, 4.69) is 5.92 Å². The van der Waals surface area contributed by atoms with Crippen LogP contribution in [0.3, 0.4) is 0 Å². The predicted octanol–water partition coefficient (Wildman–Crippen LogP) is 3.16. The number of rotatable bonds is 2. The molecule has 24 heavy (non-hydrogen) atoms. The van der Waals surface area contributed by atoms with Gasteiger partial charge in [0, 0.05) is 22.6 Å². The van der Waals surface area contributed by atoms with Gasteiger partial charge in [-0.1, -0.05) is 12.0 Å². The Kier molecular flexibility index (Phi) is 3.27. The molecule has 2 aliphatic rings. The minimum absolute atomic E-state index is 0.0927. The Morgan fingerprint density at radius 3 is 2.38 bits per heavy atom. The van der Waals surface area contributed by atoms with Crippen molar-refractivity contribution in [3.8, 4) is 12.3 Å². The minimum Gasteiger partial charge on any atom is -0.306 e. The minimum atomic E-state index is -0.434. The fourth-order valence-electron chi connectivity index (χ4n) is 3.57. The first-order chi connectivity index (χ1) is 11.6. The first-order valence-electron chi connectivity index (χ1n) is 7.95. The number of nitrogens with zero attached hydrogens (tertiary/aromatic N) is 2. The van der Waals surface area contributed by atoms with E-state index in [1.807, 2.05) is 0 Å². The summed E-state index contributed by atoms with van der Waals surface area (Å²) in [5.74, 6) is 1.49. The summed E-state index contributed by atoms with van der Waals surface area (Å²) in [6.07, 6.45) is 8.47. The van der Waals surface area contributed by atoms with E-state index in [4.69, 9.17) is 6.42 Å². The van der Waals surface area contributed by atoms with Gasteiger partial charge in [-0.25, -0.2) is 4.90 Å². The van der Waals surface area contributed by atoms with E-state index in [1.165, 1.54) is 15.5 Å². The summed E-state index contributed by atoms with van der Waals surface area (Å²) >= 11 is 0. The molecule has 0 radical (unpaired) electrons. The molecule has 0 N–H and O–H groups in total. The standard InChI is InChI=1S/C19H15FN2O2/c1-2-9-21-16-11-13(8-7-12(16)10-17(21)20)22-18(23)14-5-3-4-6-15(14)19(22)24/h1,7-8,10-11H,3-6,9H2. The number of aromatic nitrogens is 1. The summed E-state index contributed by atoms with van der Waals surface area (Å²) in [7, 11) is 0. The van der Waals surface area contributed by atoms with Crippen molar-refractivity contribution in [3.05, 3.63) is 41.4 Å². The first-order valence-corrected chi connectivity index (χ1v) is 7.95. The van der Waals surface area contributed by atoms with Crippen molar-refractivity contribution < 1.29 is 14.0 Å². The molecule has 4 nitrogen and oxygen atoms in total. The number of carbonyl (C=O) groups excluding carboxylic acids is 2. The Morgan fingerprint density at radius 1 is 1.08 bits per heavy atom. The van der Waals surface area contributed by atoms with Crippen LogP contribution in [-0.4, -0.2) is 16.4 Å². The van der Waals surface area contributed by atoms with Crippen LogP contribution in [0, 0.1) is 18.3 Å². The molecule has 0 fully saturated rings. The van der Waals surface area contributed by atoms with Crippen molar-refractivity contribution in [2.45, 2.75) is 32.2 Å². The Bertz CT molecular complexity index is 934. The number of halogens is 1. The van der Waals surface area contributed by atoms with Crippen molar-refractivity contribution >= 4 is 28.4 Å². The summed E-state index contributed by atoms with van der Waals surface area (Å²) in [6.45, 7) is 0.0927. The lowest BCUT2D eigenvalue weighted by Gasteiger charge is -2.15. The summed E-state index contributed by atoms with van der Waals surface area (Å²) in [6, 6.07) is 6.44. The number of hydrogen-bond donors (Lipinski definition) is 0. The average molecular weight is 322 g/mol. The molecule has 2 heterocycles. The van der Waals surface area contributed by atoms with E-state index in [9.17, 15) is 14.0 Å². The smallest absolute Gasteiger partial charge is 0.261 e. The summed E-state index contributed by atoms with van der Waals surface area (Å²) < 4.78 is 15.4. The zero-order valence-electron chi connectivity index (χ0n) is 13.0. The van der Waals surface area contributed by atoms with Crippen LogP contribution in [0.5, 0.6) is 0 Å². The molecule has 2 aromatic rings. The third kappa shape index (κ3) is 2.00. The van der Waals surface area contributed by atoms with Crippen molar-refractivity contribution in [2.24, 2.45) is 0 Å². The molecule has 0 saturated carbocycles. The second-order valence-electron chi connectivity index (χ2n) is 6.11. The van der Waals surface area contributed by atoms with E-state index >= 15 is 0 Å². The summed E-state index contributed by atoms with van der Waals surface area (Å²) in [4.78, 5) is 26.5. The van der Waals surface area contributed by atoms with Crippen molar-refractivity contribution in [2.75, 3.05) is 4.90 Å². The molecular weight excluding hydrogens is 307 g/mol. The number of hydrogen-bond acceptors (Lipinski definition) is 2. The van der Waals surface area contributed by atoms with Gasteiger partial charge >= 0.3 is 0 Å². The maximum atomic E-state index is 14.0. The summed E-state index contributed by atoms with van der Waals surface area (Å²) in [5, 5.41) is 0.684. The van der Waals surface area contributed by atoms with E-state index in [1.54, 1.807) is 18.2 Å². The SMILES string of the molecule is C#CCn1c(F)cc2ccc(N3C(=O)C4=C(CCCC4)C3=O)cc21. The highest BCUT2D eigenvalue weighted by molar-refractivity contribution is 6.33. The maximum absolute atomic E-state index is 14.0. The maximum Gasteiger partial charge on any atom is 0.261 e. The Labute approximate surface area is 138 Å². The van der Waals surface area contributed by atoms with Crippen LogP contribution in [0.25, 0.3) is 10.9 Å². The molecule has 1 aliphatic carbocycles. The number of amides is 2. The van der Waals surface area contributed by atoms with Crippen LogP contribution in [0.15, 0.2) is 35.4 Å². The van der Waals surface area contributed by atoms with Gasteiger partial charge in [-0.2, -0.15) is 4.39 Å². The number of imide groups is 1. The van der Waals surface area contributed by atoms with Gasteiger partial charge in [0.05, 0.1) is 17.7 Å². The molecule has 120 valence electrons. The van der Waals surface area contributed by atoms with E-state index < -0.39 is 5.95 Å². The van der Waals surface area contributed by atoms with Gasteiger partial charge in [0.25, 0.3) is 11.8 Å². The number of anilines is 1. The molecule has 0 spiro atoms. The third-order valence-corrected chi connectivity index (χ3v) is 4.74. The zero-order valence-corrected chi connectivity index (χ0v) is 13.0. The quantitative estimate of drug-likeness (QED) is 0.629. The van der Waals surface area contributed by atoms with Crippen molar-refractivity contribution in [1.29, 1.82) is 0 Å². The predicted molar refractivity (Wildman–Crippen MR) is 88.7 cm³/mol. The molecule has 5 heteroatoms. The van der Waals surface area contributed by atoms with Crippen LogP contribution in [0.1, 0.15) is 25.7 Å². The molecule has 0 bridgehead atoms. The second-order valence-corrected chi connectivity index (χ2v) is 6.11. The van der Waals surface area contributed by atoms with Crippen molar-refractivity contribution in [1.82, 2.24) is 4.57 Å². The fraction of sp³-hybridized carbons (Fsp3) is 0.263. The highest BCUT2D eigenvalue weighted by Gasteiger charge is 2.39. The lowest BCUT2D eigenvalue weighted by molar-refractivity contribution is -0.120. The van der Waals surface area contributed by atoms with Gasteiger partial charge in [0.1, 0.15) is 0 Å². The second kappa shape index (κ2) is 5.34. The van der Waals surface area contributed by atoms with Gasteiger partial charge in [-0.05, 0) is 37.8 Å². The van der Waals surface area contributed by atoms with Gasteiger partial charge in [-0.3, -0.25) is 9.59 Å². The molecule has 0 atom stereocenters. The zero-order chi connectivity index (χ0) is 16.8. The molecular formula is C19H15FN2O2. The number of fused-ring (bicyclic) bond motifs is 1. The highest BCUT2D eigenvalue weighted by atomic mass is 19.1. The van der Waals surface area contributed by atoms with Crippen molar-refractivity contribution in [3.63, 3.8) is 0 Å². The lowest BCUT2D eigenvalue weighted by Crippen LogP contribution is -2.31. The molecule has 1 aromatic carbocycles. The molecule has 4 rings (SSSR count). The average Bonchev–Trinajstić information content (AvgIpc) is 3.03. The largest absolute Gasteiger partial charge is 0.306 e. The number of carbonyl (C=O) groups is 2. The first kappa shape index (κ1) is 14.7.